The fraction of sp³-hybridized carbons (Fsp3) is 0.542. The number of aliphatic carboxylic acids is 4. The van der Waals surface area contributed by atoms with E-state index in [4.69, 9.17) is 12.2 Å². The topological polar surface area (TPSA) is 294 Å². The van der Waals surface area contributed by atoms with Crippen LogP contribution >= 0.6 is 36.2 Å². The minimum absolute atomic E-state index is 0.0349. The summed E-state index contributed by atoms with van der Waals surface area (Å²) in [5, 5.41) is 52.6. The molecule has 3 amide bonds. The number of fused-ring (bicyclic) bond motifs is 1. The van der Waals surface area contributed by atoms with E-state index in [0.29, 0.717) is 54.3 Å². The molecule has 0 bridgehead atoms. The highest BCUT2D eigenvalue weighted by molar-refractivity contribution is 7.98. The molecule has 22 nitrogen and oxygen atoms in total. The monoisotopic (exact) mass is 1070 g/mol. The van der Waals surface area contributed by atoms with E-state index >= 15 is 0 Å². The lowest BCUT2D eigenvalue weighted by Crippen LogP contribution is -2.50. The quantitative estimate of drug-likeness (QED) is 0.0378. The smallest absolute Gasteiger partial charge is 0.326 e. The van der Waals surface area contributed by atoms with Gasteiger partial charge in [0.2, 0.25) is 11.8 Å². The molecule has 2 aromatic carbocycles. The van der Waals surface area contributed by atoms with Gasteiger partial charge in [0.05, 0.1) is 43.1 Å². The Balaban J connectivity index is 1.30. The zero-order chi connectivity index (χ0) is 53.3. The Morgan fingerprint density at radius 3 is 1.82 bits per heavy atom. The number of nitrogens with one attached hydrogen (secondary N) is 4. The Morgan fingerprint density at radius 1 is 0.712 bits per heavy atom. The lowest BCUT2D eigenvalue weighted by molar-refractivity contribution is -0.142. The zero-order valence-electron chi connectivity index (χ0n) is 40.9. The number of amides is 3. The maximum absolute atomic E-state index is 13.9. The second-order valence-corrected chi connectivity index (χ2v) is 19.2. The Morgan fingerprint density at radius 2 is 1.29 bits per heavy atom. The first-order valence-corrected chi connectivity index (χ1v) is 26.2. The van der Waals surface area contributed by atoms with Crippen molar-refractivity contribution in [1.29, 1.82) is 0 Å². The fourth-order valence-corrected chi connectivity index (χ4v) is 9.15. The van der Waals surface area contributed by atoms with Gasteiger partial charge < -0.3 is 46.6 Å². The third kappa shape index (κ3) is 22.0. The molecule has 2 aliphatic heterocycles. The number of anilines is 1. The van der Waals surface area contributed by atoms with Crippen LogP contribution < -0.4 is 21.3 Å². The molecule has 0 saturated carbocycles. The van der Waals surface area contributed by atoms with Crippen molar-refractivity contribution in [2.75, 3.05) is 109 Å². The largest absolute Gasteiger partial charge is 0.480 e. The van der Waals surface area contributed by atoms with Crippen LogP contribution in [0.2, 0.25) is 0 Å². The van der Waals surface area contributed by atoms with Crippen LogP contribution in [0.25, 0.3) is 0 Å². The van der Waals surface area contributed by atoms with Crippen molar-refractivity contribution in [2.45, 2.75) is 63.6 Å². The molecule has 0 spiro atoms. The minimum Gasteiger partial charge on any atom is -0.480 e. The van der Waals surface area contributed by atoms with Gasteiger partial charge in [-0.15, -0.1) is 0 Å². The van der Waals surface area contributed by atoms with Crippen LogP contribution in [0.5, 0.6) is 0 Å². The summed E-state index contributed by atoms with van der Waals surface area (Å²) >= 11 is 11.4. The van der Waals surface area contributed by atoms with Crippen molar-refractivity contribution in [2.24, 2.45) is 4.99 Å². The highest BCUT2D eigenvalue weighted by Gasteiger charge is 2.29. The van der Waals surface area contributed by atoms with Crippen molar-refractivity contribution < 1.29 is 58.8 Å². The summed E-state index contributed by atoms with van der Waals surface area (Å²) in [5.41, 5.74) is 3.23. The number of thiocarbonyl (C=S) groups is 2. The molecular formula is C48H66N10O12S3. The van der Waals surface area contributed by atoms with Gasteiger partial charge in [-0.25, -0.2) is 4.79 Å². The van der Waals surface area contributed by atoms with Gasteiger partial charge in [0, 0.05) is 96.1 Å². The highest BCUT2D eigenvalue weighted by Crippen LogP contribution is 2.24. The Bertz CT molecular complexity index is 2270. The Kier molecular flexibility index (Phi) is 25.8. The maximum atomic E-state index is 13.9. The zero-order valence-corrected chi connectivity index (χ0v) is 43.4. The van der Waals surface area contributed by atoms with Crippen LogP contribution in [0.15, 0.2) is 47.5 Å². The van der Waals surface area contributed by atoms with Crippen molar-refractivity contribution in [3.8, 4) is 0 Å². The van der Waals surface area contributed by atoms with Crippen molar-refractivity contribution in [3.05, 3.63) is 59.2 Å². The van der Waals surface area contributed by atoms with Crippen LogP contribution in [0, 0.1) is 0 Å². The molecule has 0 radical (unpaired) electrons. The average molecular weight is 1070 g/mol. The summed E-state index contributed by atoms with van der Waals surface area (Å²) < 4.78 is 0. The van der Waals surface area contributed by atoms with E-state index in [1.807, 2.05) is 17.2 Å². The highest BCUT2D eigenvalue weighted by atomic mass is 32.2. The number of carbonyl (C=O) groups excluding carboxylic acids is 4. The summed E-state index contributed by atoms with van der Waals surface area (Å²) in [6.07, 6.45) is 3.18. The van der Waals surface area contributed by atoms with E-state index in [-0.39, 0.29) is 123 Å². The summed E-state index contributed by atoms with van der Waals surface area (Å²) in [4.78, 5) is 114. The van der Waals surface area contributed by atoms with E-state index in [2.05, 4.69) is 43.6 Å². The number of isothiocyanates is 1. The van der Waals surface area contributed by atoms with Gasteiger partial charge in [0.15, 0.2) is 10.9 Å². The Labute approximate surface area is 439 Å². The second-order valence-electron chi connectivity index (χ2n) is 17.7. The van der Waals surface area contributed by atoms with Crippen LogP contribution in [0.1, 0.15) is 60.0 Å². The number of ketones is 1. The van der Waals surface area contributed by atoms with E-state index < -0.39 is 47.8 Å². The first-order valence-electron chi connectivity index (χ1n) is 23.9. The number of rotatable bonds is 26. The molecule has 398 valence electrons. The number of benzene rings is 2. The molecular weight excluding hydrogens is 1000 g/mol. The van der Waals surface area contributed by atoms with E-state index in [1.54, 1.807) is 56.0 Å². The van der Waals surface area contributed by atoms with Gasteiger partial charge in [0.25, 0.3) is 5.91 Å². The number of aliphatic imine (C=N–C) groups is 1. The van der Waals surface area contributed by atoms with Gasteiger partial charge in [-0.3, -0.25) is 53.2 Å². The lowest BCUT2D eigenvalue weighted by Gasteiger charge is -2.35. The van der Waals surface area contributed by atoms with E-state index in [1.165, 1.54) is 11.8 Å². The molecule has 2 atom stereocenters. The first-order chi connectivity index (χ1) is 34.9. The first kappa shape index (κ1) is 59.6. The number of carboxylic acids is 4. The lowest BCUT2D eigenvalue weighted by atomic mass is 9.93. The number of carboxylic acid groups (broad SMARTS) is 4. The van der Waals surface area contributed by atoms with Gasteiger partial charge in [-0.1, -0.05) is 12.1 Å². The number of hydrogen-bond donors (Lipinski definition) is 8. The molecule has 25 heteroatoms. The van der Waals surface area contributed by atoms with Crippen molar-refractivity contribution in [3.63, 3.8) is 0 Å². The van der Waals surface area contributed by atoms with Gasteiger partial charge >= 0.3 is 23.9 Å². The van der Waals surface area contributed by atoms with Crippen molar-refractivity contribution in [1.82, 2.24) is 40.4 Å². The maximum Gasteiger partial charge on any atom is 0.326 e. The molecule has 8 N–H and O–H groups in total. The molecule has 0 aliphatic carbocycles. The molecule has 4 rings (SSSR count). The summed E-state index contributed by atoms with van der Waals surface area (Å²) in [6, 6.07) is 10.2. The number of thioether (sulfide) groups is 1. The van der Waals surface area contributed by atoms with Gasteiger partial charge in [0.1, 0.15) is 6.04 Å². The number of carbonyl (C=O) groups is 8. The third-order valence-corrected chi connectivity index (χ3v) is 13.3. The number of hydrogen-bond acceptors (Lipinski definition) is 16. The molecule has 0 aromatic heterocycles. The SMILES string of the molecule is CSCC[C@H](NC(=O)c1cccc2c1CCN(C(=O)CN1CCN(CC(=O)O)CCN(CC(=O)O)CCN(CC(=O)O)CC1)C2)C(=O)CCC(=O)N[C@@H](CCCCNC(=S)Nc1ccc(N=C=S)cc1)C(=O)O. The standard InChI is InChI=1S/C48H66N10O12S3/c1-73-26-15-38(40(59)12-13-41(60)52-39(47(69)70)7-2-3-16-49-48(72)51-35-10-8-34(9-11-35)50-32-71)53-46(68)37-6-4-5-33-27-58(17-14-36(33)37)42(61)28-54-18-20-55(29-43(62)63)22-24-57(31-45(66)67)25-23-56(21-19-54)30-44(64)65/h4-6,8-11,38-39H,2-3,7,12-31H2,1H3,(H,52,60)(H,53,68)(H,62,63)(H,64,65)(H,66,67)(H,69,70)(H2,49,51,72)/t38-,39-/m0/s1. The van der Waals surface area contributed by atoms with Crippen LogP contribution in [0.3, 0.4) is 0 Å². The fourth-order valence-electron chi connectivity index (χ4n) is 8.35. The van der Waals surface area contributed by atoms with Crippen molar-refractivity contribution >= 4 is 105 Å². The second kappa shape index (κ2) is 31.6. The molecule has 2 heterocycles. The number of Topliss-reactive ketones (excluding diaryl/α,β-unsaturated/α-hetero) is 1. The molecule has 73 heavy (non-hydrogen) atoms. The number of nitrogens with zero attached hydrogens (tertiary/aromatic N) is 6. The van der Waals surface area contributed by atoms with Crippen LogP contribution in [-0.2, 0) is 46.5 Å². The summed E-state index contributed by atoms with van der Waals surface area (Å²) in [5.74, 6) is -5.49. The Hall–Kier alpha value is -5.92. The van der Waals surface area contributed by atoms with Gasteiger partial charge in [-0.2, -0.15) is 16.8 Å². The van der Waals surface area contributed by atoms with Crippen LogP contribution in [-0.4, -0.2) is 218 Å². The van der Waals surface area contributed by atoms with E-state index in [0.717, 1.165) is 16.8 Å². The molecule has 2 aromatic rings. The molecule has 0 unspecified atom stereocenters. The molecule has 1 fully saturated rings. The van der Waals surface area contributed by atoms with E-state index in [9.17, 15) is 58.8 Å². The predicted octanol–water partition coefficient (Wildman–Crippen LogP) is 1.71. The molecule has 1 saturated heterocycles. The number of unbranched alkanes of at least 4 members (excludes halogenated alkanes) is 1. The summed E-state index contributed by atoms with van der Waals surface area (Å²) in [6.45, 7) is 2.15. The minimum atomic E-state index is -1.20. The summed E-state index contributed by atoms with van der Waals surface area (Å²) in [7, 11) is 0. The van der Waals surface area contributed by atoms with Gasteiger partial charge in [-0.05, 0) is 110 Å². The normalized spacial score (nSPS) is 15.9. The third-order valence-electron chi connectivity index (χ3n) is 12.3. The molecule has 2 aliphatic rings. The van der Waals surface area contributed by atoms with Crippen LogP contribution in [0.4, 0.5) is 11.4 Å². The predicted molar refractivity (Wildman–Crippen MR) is 281 cm³/mol. The average Bonchev–Trinajstić information content (AvgIpc) is 3.34.